The first kappa shape index (κ1) is 22.8. The second kappa shape index (κ2) is 9.71. The summed E-state index contributed by atoms with van der Waals surface area (Å²) in [6, 6.07) is 17.3. The number of benzene rings is 2. The first-order valence-corrected chi connectivity index (χ1v) is 11.6. The molecule has 1 atom stereocenters. The number of nitrogens with zero attached hydrogens (tertiary/aromatic N) is 3. The van der Waals surface area contributed by atoms with Crippen molar-refractivity contribution in [2.45, 2.75) is 26.4 Å². The lowest BCUT2D eigenvalue weighted by Crippen LogP contribution is -2.45. The van der Waals surface area contributed by atoms with E-state index in [1.54, 1.807) is 18.4 Å². The van der Waals surface area contributed by atoms with Crippen molar-refractivity contribution in [1.29, 1.82) is 0 Å². The van der Waals surface area contributed by atoms with Gasteiger partial charge in [-0.1, -0.05) is 29.4 Å². The lowest BCUT2D eigenvalue weighted by Gasteiger charge is -2.37. The van der Waals surface area contributed by atoms with Gasteiger partial charge in [0, 0.05) is 11.3 Å². The Bertz CT molecular complexity index is 1370. The number of nitrogens with one attached hydrogen (secondary N) is 1. The van der Waals surface area contributed by atoms with Gasteiger partial charge in [-0.15, -0.1) is 0 Å². The number of allylic oxidation sites excluding steroid dienone is 1. The zero-order valence-corrected chi connectivity index (χ0v) is 20.0. The zero-order chi connectivity index (χ0) is 24.4. The molecular weight excluding hydrogens is 467 g/mol. The number of hydrogen-bond donors (Lipinski definition) is 1. The van der Waals surface area contributed by atoms with Crippen molar-refractivity contribution in [1.82, 2.24) is 20.4 Å². The average molecular weight is 491 g/mol. The van der Waals surface area contributed by atoms with E-state index >= 15 is 0 Å². The highest BCUT2D eigenvalue weighted by Crippen LogP contribution is 2.38. The summed E-state index contributed by atoms with van der Waals surface area (Å²) in [6.45, 7) is 4.93. The number of thiocarbonyl (C=S) groups is 1. The Balaban J connectivity index is 1.58. The molecule has 7 nitrogen and oxygen atoms in total. The van der Waals surface area contributed by atoms with Crippen LogP contribution in [0.15, 0.2) is 81.6 Å². The predicted octanol–water partition coefficient (Wildman–Crippen LogP) is 5.73. The minimum absolute atomic E-state index is 0.302. The highest BCUT2D eigenvalue weighted by Gasteiger charge is 2.34. The van der Waals surface area contributed by atoms with Gasteiger partial charge in [-0.2, -0.15) is 4.98 Å². The number of ether oxygens (including phenoxy) is 1. The van der Waals surface area contributed by atoms with Gasteiger partial charge >= 0.3 is 0 Å². The highest BCUT2D eigenvalue weighted by atomic mass is 32.1. The van der Waals surface area contributed by atoms with Crippen LogP contribution in [0.25, 0.3) is 17.0 Å². The molecule has 4 aromatic rings. The molecule has 1 N–H and O–H groups in total. The highest BCUT2D eigenvalue weighted by molar-refractivity contribution is 7.80. The van der Waals surface area contributed by atoms with Crippen LogP contribution in [0.3, 0.4) is 0 Å². The SMILES string of the molecule is CCOc1ccc(C2NC(=S)N(Cc3ccco3)C(C)=C2c2nc(-c3cccc(F)c3)no2)cc1. The molecule has 1 aliphatic rings. The third kappa shape index (κ3) is 4.67. The van der Waals surface area contributed by atoms with Gasteiger partial charge in [-0.25, -0.2) is 4.39 Å². The summed E-state index contributed by atoms with van der Waals surface area (Å²) in [6.07, 6.45) is 1.63. The van der Waals surface area contributed by atoms with Crippen molar-refractivity contribution in [3.63, 3.8) is 0 Å². The van der Waals surface area contributed by atoms with E-state index < -0.39 is 0 Å². The standard InChI is InChI=1S/C26H23FN4O3S/c1-3-32-20-11-9-17(10-12-20)23-22(16(2)31(26(35)28-23)15-21-8-5-13-33-21)25-29-24(30-34-25)18-6-4-7-19(27)14-18/h4-14,23H,3,15H2,1-2H3,(H,28,35). The third-order valence-corrected chi connectivity index (χ3v) is 6.09. The van der Waals surface area contributed by atoms with Crippen LogP contribution in [-0.2, 0) is 6.54 Å². The molecule has 2 aromatic carbocycles. The van der Waals surface area contributed by atoms with Gasteiger partial charge in [0.15, 0.2) is 5.11 Å². The molecule has 0 saturated carbocycles. The molecule has 0 aliphatic carbocycles. The van der Waals surface area contributed by atoms with Crippen LogP contribution in [0, 0.1) is 5.82 Å². The number of halogens is 1. The molecule has 35 heavy (non-hydrogen) atoms. The maximum absolute atomic E-state index is 13.8. The fourth-order valence-corrected chi connectivity index (χ4v) is 4.38. The Hall–Kier alpha value is -3.98. The van der Waals surface area contributed by atoms with Crippen LogP contribution in [0.5, 0.6) is 5.75 Å². The van der Waals surface area contributed by atoms with Crippen LogP contribution >= 0.6 is 12.2 Å². The van der Waals surface area contributed by atoms with E-state index in [2.05, 4.69) is 15.5 Å². The van der Waals surface area contributed by atoms with Gasteiger partial charge < -0.3 is 23.9 Å². The Morgan fingerprint density at radius 3 is 2.69 bits per heavy atom. The Morgan fingerprint density at radius 2 is 1.97 bits per heavy atom. The van der Waals surface area contributed by atoms with Crippen molar-refractivity contribution >= 4 is 22.9 Å². The van der Waals surface area contributed by atoms with Crippen LogP contribution in [0.2, 0.25) is 0 Å². The summed E-state index contributed by atoms with van der Waals surface area (Å²) in [5, 5.41) is 8.08. The van der Waals surface area contributed by atoms with Crippen molar-refractivity contribution in [3.8, 4) is 17.1 Å². The summed E-state index contributed by atoms with van der Waals surface area (Å²) in [5.41, 5.74) is 3.10. The summed E-state index contributed by atoms with van der Waals surface area (Å²) in [4.78, 5) is 6.55. The maximum atomic E-state index is 13.8. The lowest BCUT2D eigenvalue weighted by atomic mass is 9.94. The Labute approximate surface area is 207 Å². The summed E-state index contributed by atoms with van der Waals surface area (Å²) in [7, 11) is 0. The molecule has 1 aliphatic heterocycles. The number of aromatic nitrogens is 2. The van der Waals surface area contributed by atoms with Crippen LogP contribution < -0.4 is 10.1 Å². The largest absolute Gasteiger partial charge is 0.494 e. The molecule has 0 bridgehead atoms. The first-order chi connectivity index (χ1) is 17.0. The van der Waals surface area contributed by atoms with Crippen molar-refractivity contribution in [2.24, 2.45) is 0 Å². The molecule has 0 amide bonds. The average Bonchev–Trinajstić information content (AvgIpc) is 3.55. The third-order valence-electron chi connectivity index (χ3n) is 5.75. The minimum Gasteiger partial charge on any atom is -0.494 e. The molecule has 0 fully saturated rings. The van der Waals surface area contributed by atoms with Gasteiger partial charge in [0.2, 0.25) is 5.82 Å². The summed E-state index contributed by atoms with van der Waals surface area (Å²) >= 11 is 5.73. The van der Waals surface area contributed by atoms with E-state index in [0.29, 0.717) is 35.5 Å². The molecule has 1 unspecified atom stereocenters. The molecule has 5 rings (SSSR count). The minimum atomic E-state index is -0.370. The number of furan rings is 1. The summed E-state index contributed by atoms with van der Waals surface area (Å²) < 4.78 is 30.6. The normalized spacial score (nSPS) is 15.9. The Morgan fingerprint density at radius 1 is 1.14 bits per heavy atom. The fourth-order valence-electron chi connectivity index (χ4n) is 4.06. The second-order valence-corrected chi connectivity index (χ2v) is 8.37. The molecule has 178 valence electrons. The topological polar surface area (TPSA) is 76.6 Å². The van der Waals surface area contributed by atoms with Gasteiger partial charge in [0.25, 0.3) is 5.89 Å². The maximum Gasteiger partial charge on any atom is 0.258 e. The molecule has 9 heteroatoms. The quantitative estimate of drug-likeness (QED) is 0.329. The van der Waals surface area contributed by atoms with Crippen molar-refractivity contribution in [3.05, 3.63) is 95.7 Å². The molecule has 2 aromatic heterocycles. The molecule has 3 heterocycles. The van der Waals surface area contributed by atoms with Gasteiger partial charge in [0.05, 0.1) is 31.0 Å². The fraction of sp³-hybridized carbons (Fsp3) is 0.192. The van der Waals surface area contributed by atoms with Gasteiger partial charge in [-0.3, -0.25) is 0 Å². The Kier molecular flexibility index (Phi) is 6.33. The molecular formula is C26H23FN4O3S. The zero-order valence-electron chi connectivity index (χ0n) is 19.2. The predicted molar refractivity (Wildman–Crippen MR) is 133 cm³/mol. The van der Waals surface area contributed by atoms with Crippen LogP contribution in [-0.4, -0.2) is 26.8 Å². The van der Waals surface area contributed by atoms with Crippen LogP contribution in [0.4, 0.5) is 4.39 Å². The lowest BCUT2D eigenvalue weighted by molar-refractivity contribution is 0.340. The van der Waals surface area contributed by atoms with Gasteiger partial charge in [0.1, 0.15) is 17.3 Å². The summed E-state index contributed by atoms with van der Waals surface area (Å²) in [5.74, 6) is 1.79. The first-order valence-electron chi connectivity index (χ1n) is 11.2. The van der Waals surface area contributed by atoms with E-state index in [1.165, 1.54) is 12.1 Å². The molecule has 0 saturated heterocycles. The van der Waals surface area contributed by atoms with E-state index in [4.69, 9.17) is 25.9 Å². The van der Waals surface area contributed by atoms with Gasteiger partial charge in [-0.05, 0) is 68.0 Å². The van der Waals surface area contributed by atoms with Crippen LogP contribution in [0.1, 0.15) is 37.1 Å². The smallest absolute Gasteiger partial charge is 0.258 e. The second-order valence-electron chi connectivity index (χ2n) is 7.98. The van der Waals surface area contributed by atoms with E-state index in [9.17, 15) is 4.39 Å². The number of rotatable bonds is 7. The van der Waals surface area contributed by atoms with E-state index in [1.807, 2.05) is 55.1 Å². The van der Waals surface area contributed by atoms with Crippen molar-refractivity contribution in [2.75, 3.05) is 6.61 Å². The monoisotopic (exact) mass is 490 g/mol. The molecule has 0 spiro atoms. The van der Waals surface area contributed by atoms with E-state index in [-0.39, 0.29) is 11.9 Å². The number of hydrogen-bond acceptors (Lipinski definition) is 6. The van der Waals surface area contributed by atoms with E-state index in [0.717, 1.165) is 28.3 Å². The molecule has 0 radical (unpaired) electrons. The van der Waals surface area contributed by atoms with Crippen molar-refractivity contribution < 1.29 is 18.1 Å².